The Balaban J connectivity index is 0. The largest absolute Gasteiger partial charge is 0.463 e. The first kappa shape index (κ1) is 13.9. The number of hydrogen-bond donors (Lipinski definition) is 1. The highest BCUT2D eigenvalue weighted by Gasteiger charge is 2.07. The van der Waals surface area contributed by atoms with E-state index in [2.05, 4.69) is 15.9 Å². The molecule has 2 unspecified atom stereocenters. The summed E-state index contributed by atoms with van der Waals surface area (Å²) in [5, 5.41) is 0. The Labute approximate surface area is 85.6 Å². The van der Waals surface area contributed by atoms with Gasteiger partial charge in [-0.3, -0.25) is 4.79 Å². The summed E-state index contributed by atoms with van der Waals surface area (Å²) in [6.45, 7) is 3.19. The molecule has 0 aromatic rings. The lowest BCUT2D eigenvalue weighted by Crippen LogP contribution is -2.21. The molecule has 0 fully saturated rings. The molecule has 5 heteroatoms. The molecule has 0 saturated carbocycles. The molecule has 11 heavy (non-hydrogen) atoms. The molecule has 0 heterocycles. The Kier molecular flexibility index (Phi) is 8.95. The van der Waals surface area contributed by atoms with Crippen molar-refractivity contribution in [3.05, 3.63) is 0 Å². The van der Waals surface area contributed by atoms with Gasteiger partial charge in [-0.15, -0.1) is 17.0 Å². The lowest BCUT2D eigenvalue weighted by atomic mass is 10.3. The molecule has 0 aliphatic heterocycles. The molecule has 0 aromatic heterocycles. The van der Waals surface area contributed by atoms with Crippen molar-refractivity contribution in [2.24, 2.45) is 5.73 Å². The minimum Gasteiger partial charge on any atom is -0.463 e. The zero-order chi connectivity index (χ0) is 8.15. The number of rotatable bonds is 3. The SMILES string of the molecule is Br.CC(=O)OC(C)CC(N)Br. The highest BCUT2D eigenvalue weighted by Crippen LogP contribution is 2.04. The lowest BCUT2D eigenvalue weighted by molar-refractivity contribution is -0.145. The monoisotopic (exact) mass is 289 g/mol. The van der Waals surface area contributed by atoms with Gasteiger partial charge in [0.2, 0.25) is 0 Å². The Morgan fingerprint density at radius 3 is 2.45 bits per heavy atom. The summed E-state index contributed by atoms with van der Waals surface area (Å²) in [6.07, 6.45) is 0.534. The predicted octanol–water partition coefficient (Wildman–Crippen LogP) is 1.59. The quantitative estimate of drug-likeness (QED) is 0.488. The number of carbonyl (C=O) groups excluding carboxylic acids is 1. The maximum Gasteiger partial charge on any atom is 0.302 e. The van der Waals surface area contributed by atoms with E-state index in [1.807, 2.05) is 6.92 Å². The lowest BCUT2D eigenvalue weighted by Gasteiger charge is -2.12. The highest BCUT2D eigenvalue weighted by molar-refractivity contribution is 9.09. The van der Waals surface area contributed by atoms with Crippen molar-refractivity contribution < 1.29 is 9.53 Å². The average molecular weight is 291 g/mol. The standard InChI is InChI=1S/C6H12BrNO2.BrH/c1-4(3-6(7)8)10-5(2)9;/h4,6H,3,8H2,1-2H3;1H. The molecule has 2 atom stereocenters. The number of esters is 1. The van der Waals surface area contributed by atoms with Gasteiger partial charge in [0, 0.05) is 13.3 Å². The van der Waals surface area contributed by atoms with Crippen LogP contribution in [0.3, 0.4) is 0 Å². The van der Waals surface area contributed by atoms with Gasteiger partial charge in [0.15, 0.2) is 0 Å². The van der Waals surface area contributed by atoms with E-state index in [0.717, 1.165) is 0 Å². The second kappa shape index (κ2) is 7.06. The summed E-state index contributed by atoms with van der Waals surface area (Å²) in [5.41, 5.74) is 5.39. The van der Waals surface area contributed by atoms with Gasteiger partial charge in [0.1, 0.15) is 6.10 Å². The van der Waals surface area contributed by atoms with Crippen LogP contribution in [0.2, 0.25) is 0 Å². The molecule has 0 spiro atoms. The molecule has 3 nitrogen and oxygen atoms in total. The van der Waals surface area contributed by atoms with Crippen molar-refractivity contribution in [1.29, 1.82) is 0 Å². The maximum atomic E-state index is 10.4. The Bertz CT molecular complexity index is 119. The number of hydrogen-bond acceptors (Lipinski definition) is 3. The van der Waals surface area contributed by atoms with Gasteiger partial charge < -0.3 is 10.5 Å². The minimum atomic E-state index is -0.263. The first-order valence-corrected chi connectivity index (χ1v) is 4.01. The van der Waals surface area contributed by atoms with Gasteiger partial charge in [-0.05, 0) is 6.92 Å². The first-order valence-electron chi connectivity index (χ1n) is 3.09. The van der Waals surface area contributed by atoms with Crippen LogP contribution in [0.4, 0.5) is 0 Å². The summed E-state index contributed by atoms with van der Waals surface area (Å²) in [4.78, 5) is 10.3. The highest BCUT2D eigenvalue weighted by atomic mass is 79.9. The molecule has 68 valence electrons. The van der Waals surface area contributed by atoms with Crippen LogP contribution < -0.4 is 5.73 Å². The third kappa shape index (κ3) is 10.4. The van der Waals surface area contributed by atoms with Crippen molar-refractivity contribution in [2.45, 2.75) is 31.3 Å². The van der Waals surface area contributed by atoms with Crippen LogP contribution >= 0.6 is 32.9 Å². The number of carbonyl (C=O) groups is 1. The second-order valence-electron chi connectivity index (χ2n) is 2.17. The average Bonchev–Trinajstić information content (AvgIpc) is 1.58. The Morgan fingerprint density at radius 1 is 1.73 bits per heavy atom. The summed E-state index contributed by atoms with van der Waals surface area (Å²) in [6, 6.07) is 0. The fourth-order valence-electron chi connectivity index (χ4n) is 0.649. The fourth-order valence-corrected chi connectivity index (χ4v) is 1.17. The van der Waals surface area contributed by atoms with E-state index in [-0.39, 0.29) is 34.0 Å². The zero-order valence-electron chi connectivity index (χ0n) is 6.54. The third-order valence-electron chi connectivity index (χ3n) is 0.924. The van der Waals surface area contributed by atoms with Crippen molar-refractivity contribution >= 4 is 38.9 Å². The molecular formula is C6H13Br2NO2. The van der Waals surface area contributed by atoms with Crippen molar-refractivity contribution in [2.75, 3.05) is 0 Å². The first-order chi connectivity index (χ1) is 4.52. The van der Waals surface area contributed by atoms with Crippen molar-refractivity contribution in [1.82, 2.24) is 0 Å². The van der Waals surface area contributed by atoms with Gasteiger partial charge in [0.05, 0.1) is 4.95 Å². The molecule has 0 aromatic carbocycles. The van der Waals surface area contributed by atoms with Gasteiger partial charge in [-0.25, -0.2) is 0 Å². The predicted molar refractivity (Wildman–Crippen MR) is 53.1 cm³/mol. The summed E-state index contributed by atoms with van der Waals surface area (Å²) >= 11 is 3.15. The van der Waals surface area contributed by atoms with Crippen molar-refractivity contribution in [3.63, 3.8) is 0 Å². The number of alkyl halides is 1. The molecule has 0 amide bonds. The topological polar surface area (TPSA) is 52.3 Å². The van der Waals surface area contributed by atoms with E-state index in [1.54, 1.807) is 0 Å². The number of halogens is 2. The number of nitrogens with two attached hydrogens (primary N) is 1. The summed E-state index contributed by atoms with van der Waals surface area (Å²) in [7, 11) is 0. The molecule has 0 saturated heterocycles. The van der Waals surface area contributed by atoms with Crippen molar-refractivity contribution in [3.8, 4) is 0 Å². The maximum absolute atomic E-state index is 10.4. The summed E-state index contributed by atoms with van der Waals surface area (Å²) in [5.74, 6) is -0.263. The van der Waals surface area contributed by atoms with E-state index in [9.17, 15) is 4.79 Å². The molecule has 0 radical (unpaired) electrons. The van der Waals surface area contributed by atoms with Gasteiger partial charge in [-0.2, -0.15) is 0 Å². The molecule has 0 rings (SSSR count). The molecule has 0 aliphatic carbocycles. The zero-order valence-corrected chi connectivity index (χ0v) is 9.84. The van der Waals surface area contributed by atoms with E-state index in [4.69, 9.17) is 10.5 Å². The van der Waals surface area contributed by atoms with Crippen LogP contribution in [0.5, 0.6) is 0 Å². The smallest absolute Gasteiger partial charge is 0.302 e. The Hall–Kier alpha value is 0.390. The van der Waals surface area contributed by atoms with Crippen LogP contribution in [0.1, 0.15) is 20.3 Å². The van der Waals surface area contributed by atoms with Crippen LogP contribution in [0.25, 0.3) is 0 Å². The van der Waals surface area contributed by atoms with Crippen LogP contribution in [0, 0.1) is 0 Å². The third-order valence-corrected chi connectivity index (χ3v) is 1.30. The second-order valence-corrected chi connectivity index (χ2v) is 3.35. The van der Waals surface area contributed by atoms with E-state index in [0.29, 0.717) is 6.42 Å². The van der Waals surface area contributed by atoms with Crippen LogP contribution in [0.15, 0.2) is 0 Å². The molecule has 0 aliphatic rings. The molecule has 2 N–H and O–H groups in total. The van der Waals surface area contributed by atoms with Crippen LogP contribution in [-0.2, 0) is 9.53 Å². The van der Waals surface area contributed by atoms with Crippen LogP contribution in [-0.4, -0.2) is 17.0 Å². The van der Waals surface area contributed by atoms with E-state index >= 15 is 0 Å². The molecule has 0 bridgehead atoms. The fraction of sp³-hybridized carbons (Fsp3) is 0.833. The Morgan fingerprint density at radius 2 is 2.18 bits per heavy atom. The minimum absolute atomic E-state index is 0. The van der Waals surface area contributed by atoms with E-state index in [1.165, 1.54) is 6.92 Å². The normalized spacial score (nSPS) is 14.5. The van der Waals surface area contributed by atoms with Gasteiger partial charge in [0.25, 0.3) is 0 Å². The number of ether oxygens (including phenoxy) is 1. The van der Waals surface area contributed by atoms with Gasteiger partial charge >= 0.3 is 5.97 Å². The summed E-state index contributed by atoms with van der Waals surface area (Å²) < 4.78 is 4.81. The molecular weight excluding hydrogens is 278 g/mol. The van der Waals surface area contributed by atoms with E-state index < -0.39 is 0 Å². The van der Waals surface area contributed by atoms with Gasteiger partial charge in [-0.1, -0.05) is 15.9 Å².